The second-order valence-electron chi connectivity index (χ2n) is 15.8. The van der Waals surface area contributed by atoms with E-state index in [1.165, 1.54) is 83.2 Å². The Morgan fingerprint density at radius 1 is 0.377 bits per heavy atom. The fourth-order valence-electron chi connectivity index (χ4n) is 9.33. The quantitative estimate of drug-likeness (QED) is 0.175. The van der Waals surface area contributed by atoms with E-state index in [1.54, 1.807) is 0 Å². The molecule has 8 aromatic rings. The number of nitrogens with zero attached hydrogens (tertiary/aromatic N) is 1. The zero-order chi connectivity index (χ0) is 35.9. The second-order valence-corrected chi connectivity index (χ2v) is 15.8. The first kappa shape index (κ1) is 31.5. The van der Waals surface area contributed by atoms with Gasteiger partial charge in [0.2, 0.25) is 0 Å². The first-order valence-corrected chi connectivity index (χ1v) is 18.8. The van der Waals surface area contributed by atoms with Gasteiger partial charge in [-0.15, -0.1) is 0 Å². The minimum Gasteiger partial charge on any atom is -0.310 e. The van der Waals surface area contributed by atoms with Crippen molar-refractivity contribution in [2.24, 2.45) is 0 Å². The van der Waals surface area contributed by atoms with Gasteiger partial charge in [0.25, 0.3) is 0 Å². The molecule has 8 aromatic carbocycles. The summed E-state index contributed by atoms with van der Waals surface area (Å²) in [5, 5.41) is 2.64. The molecule has 1 heteroatoms. The highest BCUT2D eigenvalue weighted by molar-refractivity contribution is 6.04. The Hall–Kier alpha value is -6.18. The van der Waals surface area contributed by atoms with E-state index >= 15 is 0 Å². The molecule has 0 radical (unpaired) electrons. The van der Waals surface area contributed by atoms with Gasteiger partial charge in [-0.1, -0.05) is 161 Å². The van der Waals surface area contributed by atoms with E-state index in [9.17, 15) is 0 Å². The maximum atomic E-state index is 2.54. The molecule has 1 nitrogen and oxygen atoms in total. The summed E-state index contributed by atoms with van der Waals surface area (Å²) in [5.41, 5.74) is 19.1. The Kier molecular flexibility index (Phi) is 6.94. The van der Waals surface area contributed by atoms with Crippen LogP contribution >= 0.6 is 0 Å². The number of benzene rings is 8. The molecule has 0 spiro atoms. The molecule has 0 amide bonds. The van der Waals surface area contributed by atoms with E-state index in [1.807, 2.05) is 0 Å². The van der Waals surface area contributed by atoms with Crippen molar-refractivity contribution in [1.82, 2.24) is 0 Å². The van der Waals surface area contributed by atoms with Gasteiger partial charge in [-0.25, -0.2) is 0 Å². The lowest BCUT2D eigenvalue weighted by molar-refractivity contribution is 0.652. The lowest BCUT2D eigenvalue weighted by atomic mass is 9.79. The largest absolute Gasteiger partial charge is 0.310 e. The Labute approximate surface area is 312 Å². The van der Waals surface area contributed by atoms with Crippen molar-refractivity contribution in [3.63, 3.8) is 0 Å². The zero-order valence-electron chi connectivity index (χ0n) is 30.7. The van der Waals surface area contributed by atoms with Crippen LogP contribution < -0.4 is 4.90 Å². The molecule has 0 fully saturated rings. The topological polar surface area (TPSA) is 3.24 Å². The molecule has 53 heavy (non-hydrogen) atoms. The lowest BCUT2D eigenvalue weighted by Crippen LogP contribution is -2.21. The molecule has 0 heterocycles. The van der Waals surface area contributed by atoms with Crippen LogP contribution in [0.2, 0.25) is 0 Å². The monoisotopic (exact) mass is 679 g/mol. The number of rotatable bonds is 5. The van der Waals surface area contributed by atoms with Crippen molar-refractivity contribution in [2.45, 2.75) is 38.5 Å². The second kappa shape index (κ2) is 11.7. The van der Waals surface area contributed by atoms with E-state index in [2.05, 4.69) is 209 Å². The first-order valence-electron chi connectivity index (χ1n) is 18.8. The van der Waals surface area contributed by atoms with E-state index in [0.717, 1.165) is 11.4 Å². The highest BCUT2D eigenvalue weighted by Crippen LogP contribution is 2.59. The van der Waals surface area contributed by atoms with Gasteiger partial charge >= 0.3 is 0 Å². The summed E-state index contributed by atoms with van der Waals surface area (Å²) in [6.07, 6.45) is 0. The molecule has 0 aromatic heterocycles. The molecular formula is C52H41N. The van der Waals surface area contributed by atoms with Gasteiger partial charge in [0.15, 0.2) is 0 Å². The summed E-state index contributed by atoms with van der Waals surface area (Å²) >= 11 is 0. The minimum absolute atomic E-state index is 0.0960. The number of hydrogen-bond acceptors (Lipinski definition) is 1. The van der Waals surface area contributed by atoms with Crippen LogP contribution in [0.4, 0.5) is 17.1 Å². The average molecular weight is 680 g/mol. The van der Waals surface area contributed by atoms with Crippen molar-refractivity contribution in [3.05, 3.63) is 198 Å². The van der Waals surface area contributed by atoms with E-state index in [-0.39, 0.29) is 10.8 Å². The third-order valence-corrected chi connectivity index (χ3v) is 12.0. The molecule has 0 saturated carbocycles. The molecule has 0 bridgehead atoms. The van der Waals surface area contributed by atoms with Gasteiger partial charge < -0.3 is 4.90 Å². The third-order valence-electron chi connectivity index (χ3n) is 12.0. The molecule has 2 aliphatic carbocycles. The Morgan fingerprint density at radius 3 is 1.53 bits per heavy atom. The van der Waals surface area contributed by atoms with Crippen LogP contribution in [0.1, 0.15) is 49.9 Å². The SMILES string of the molecule is CC1(C)c2cc3c(cc2-c2c1ccc1ccccc21)C(C)(C)c1c-3cccc1N(c1ccc(-c2ccccc2)cc1)c1ccc(-c2ccccc2)cc1. The fraction of sp³-hybridized carbons (Fsp3) is 0.115. The van der Waals surface area contributed by atoms with Crippen LogP contribution in [-0.4, -0.2) is 0 Å². The van der Waals surface area contributed by atoms with E-state index in [4.69, 9.17) is 0 Å². The first-order chi connectivity index (χ1) is 25.8. The highest BCUT2D eigenvalue weighted by Gasteiger charge is 2.43. The summed E-state index contributed by atoms with van der Waals surface area (Å²) in [7, 11) is 0. The molecule has 0 unspecified atom stereocenters. The van der Waals surface area contributed by atoms with Crippen molar-refractivity contribution < 1.29 is 0 Å². The maximum absolute atomic E-state index is 2.54. The number of fused-ring (bicyclic) bond motifs is 8. The Balaban J connectivity index is 1.15. The van der Waals surface area contributed by atoms with Gasteiger partial charge in [-0.05, 0) is 120 Å². The molecule has 0 atom stereocenters. The molecule has 0 saturated heterocycles. The van der Waals surface area contributed by atoms with Crippen LogP contribution in [0, 0.1) is 0 Å². The van der Waals surface area contributed by atoms with E-state index in [0.29, 0.717) is 0 Å². The zero-order valence-corrected chi connectivity index (χ0v) is 30.7. The Morgan fingerprint density at radius 2 is 0.906 bits per heavy atom. The van der Waals surface area contributed by atoms with Crippen molar-refractivity contribution in [2.75, 3.05) is 4.90 Å². The summed E-state index contributed by atoms with van der Waals surface area (Å²) < 4.78 is 0. The highest BCUT2D eigenvalue weighted by atomic mass is 15.1. The van der Waals surface area contributed by atoms with Crippen LogP contribution in [0.5, 0.6) is 0 Å². The maximum Gasteiger partial charge on any atom is 0.0508 e. The van der Waals surface area contributed by atoms with Gasteiger partial charge in [0, 0.05) is 22.2 Å². The average Bonchev–Trinajstić information content (AvgIpc) is 3.58. The molecular weight excluding hydrogens is 639 g/mol. The molecule has 10 rings (SSSR count). The predicted molar refractivity (Wildman–Crippen MR) is 225 cm³/mol. The fourth-order valence-corrected chi connectivity index (χ4v) is 9.33. The van der Waals surface area contributed by atoms with Crippen LogP contribution in [0.25, 0.3) is 55.3 Å². The molecule has 0 aliphatic heterocycles. The van der Waals surface area contributed by atoms with Gasteiger partial charge in [0.05, 0.1) is 5.69 Å². The Bertz CT molecular complexity index is 2600. The number of anilines is 3. The smallest absolute Gasteiger partial charge is 0.0508 e. The molecule has 0 N–H and O–H groups in total. The van der Waals surface area contributed by atoms with Crippen molar-refractivity contribution in [3.8, 4) is 44.5 Å². The van der Waals surface area contributed by atoms with E-state index < -0.39 is 0 Å². The molecule has 254 valence electrons. The van der Waals surface area contributed by atoms with Gasteiger partial charge in [0.1, 0.15) is 0 Å². The standard InChI is InChI=1S/C52H41N/c1-51(2)45-31-26-38-18-11-12-19-41(38)49(45)44-33-46-43(32-47(44)51)42-20-13-21-48(50(42)52(46,3)4)53(39-27-22-36(23-28-39)34-14-7-5-8-15-34)40-29-24-37(25-30-40)35-16-9-6-10-17-35/h5-33H,1-4H3. The van der Waals surface area contributed by atoms with Crippen LogP contribution in [-0.2, 0) is 10.8 Å². The summed E-state index contributed by atoms with van der Waals surface area (Å²) in [5.74, 6) is 0. The van der Waals surface area contributed by atoms with Crippen molar-refractivity contribution in [1.29, 1.82) is 0 Å². The van der Waals surface area contributed by atoms with Gasteiger partial charge in [-0.3, -0.25) is 0 Å². The summed E-state index contributed by atoms with van der Waals surface area (Å²) in [4.78, 5) is 2.47. The number of hydrogen-bond donors (Lipinski definition) is 0. The predicted octanol–water partition coefficient (Wildman–Crippen LogP) is 14.3. The summed E-state index contributed by atoms with van der Waals surface area (Å²) in [6.45, 7) is 9.64. The lowest BCUT2D eigenvalue weighted by Gasteiger charge is -2.32. The van der Waals surface area contributed by atoms with Gasteiger partial charge in [-0.2, -0.15) is 0 Å². The normalized spacial score (nSPS) is 14.3. The van der Waals surface area contributed by atoms with Crippen molar-refractivity contribution >= 4 is 27.8 Å². The van der Waals surface area contributed by atoms with Crippen LogP contribution in [0.3, 0.4) is 0 Å². The molecule has 2 aliphatic rings. The van der Waals surface area contributed by atoms with Crippen LogP contribution in [0.15, 0.2) is 176 Å². The summed E-state index contributed by atoms with van der Waals surface area (Å²) in [6, 6.07) is 65.0. The third kappa shape index (κ3) is 4.77. The minimum atomic E-state index is -0.236.